The topological polar surface area (TPSA) is 114 Å². The third kappa shape index (κ3) is 6.12. The van der Waals surface area contributed by atoms with Crippen LogP contribution >= 0.6 is 0 Å². The Morgan fingerprint density at radius 2 is 1.51 bits per heavy atom. The van der Waals surface area contributed by atoms with Gasteiger partial charge >= 0.3 is 12.1 Å². The van der Waals surface area contributed by atoms with Gasteiger partial charge in [0.15, 0.2) is 6.04 Å². The van der Waals surface area contributed by atoms with Crippen molar-refractivity contribution >= 4 is 18.0 Å². The van der Waals surface area contributed by atoms with E-state index in [1.54, 1.807) is 6.92 Å². The summed E-state index contributed by atoms with van der Waals surface area (Å²) in [7, 11) is 0. The SMILES string of the molecule is CC(OCc1ccccc1)C(NC(=O)CC1(NC(=O)OCC2c3ccccc3-c3ccccc32)CC1)C(=O)O. The van der Waals surface area contributed by atoms with Crippen molar-refractivity contribution in [3.05, 3.63) is 95.6 Å². The Morgan fingerprint density at radius 1 is 0.923 bits per heavy atom. The Bertz CT molecular complexity index is 1310. The van der Waals surface area contributed by atoms with Crippen molar-refractivity contribution < 1.29 is 29.0 Å². The monoisotopic (exact) mass is 528 g/mol. The predicted molar refractivity (Wildman–Crippen MR) is 145 cm³/mol. The van der Waals surface area contributed by atoms with Gasteiger partial charge in [0.25, 0.3) is 0 Å². The molecule has 0 heterocycles. The van der Waals surface area contributed by atoms with Crippen LogP contribution in [0.2, 0.25) is 0 Å². The zero-order valence-electron chi connectivity index (χ0n) is 21.8. The highest BCUT2D eigenvalue weighted by molar-refractivity contribution is 5.85. The van der Waals surface area contributed by atoms with Crippen LogP contribution in [0, 0.1) is 0 Å². The van der Waals surface area contributed by atoms with Crippen LogP contribution in [0.1, 0.15) is 48.8 Å². The second-order valence-electron chi connectivity index (χ2n) is 10.3. The van der Waals surface area contributed by atoms with Gasteiger partial charge in [-0.05, 0) is 47.6 Å². The second kappa shape index (κ2) is 11.3. The summed E-state index contributed by atoms with van der Waals surface area (Å²) >= 11 is 0. The van der Waals surface area contributed by atoms with E-state index in [9.17, 15) is 19.5 Å². The molecule has 1 fully saturated rings. The van der Waals surface area contributed by atoms with Crippen molar-refractivity contribution in [2.24, 2.45) is 0 Å². The van der Waals surface area contributed by atoms with Gasteiger partial charge in [-0.3, -0.25) is 4.79 Å². The maximum Gasteiger partial charge on any atom is 0.407 e. The Kier molecular flexibility index (Phi) is 7.65. The minimum atomic E-state index is -1.22. The van der Waals surface area contributed by atoms with Gasteiger partial charge in [0, 0.05) is 12.3 Å². The molecule has 2 aliphatic carbocycles. The first-order valence-electron chi connectivity index (χ1n) is 13.2. The highest BCUT2D eigenvalue weighted by Crippen LogP contribution is 2.44. The number of amides is 2. The third-order valence-corrected chi connectivity index (χ3v) is 7.47. The summed E-state index contributed by atoms with van der Waals surface area (Å²) in [6, 6.07) is 24.4. The molecule has 2 aliphatic rings. The summed E-state index contributed by atoms with van der Waals surface area (Å²) in [5.41, 5.74) is 4.71. The van der Waals surface area contributed by atoms with Crippen LogP contribution < -0.4 is 10.6 Å². The number of carboxylic acid groups (broad SMARTS) is 1. The Morgan fingerprint density at radius 3 is 2.10 bits per heavy atom. The number of carboxylic acids is 1. The van der Waals surface area contributed by atoms with Gasteiger partial charge in [-0.15, -0.1) is 0 Å². The van der Waals surface area contributed by atoms with E-state index in [2.05, 4.69) is 34.9 Å². The lowest BCUT2D eigenvalue weighted by Gasteiger charge is -2.24. The van der Waals surface area contributed by atoms with Crippen LogP contribution in [0.3, 0.4) is 0 Å². The van der Waals surface area contributed by atoms with Crippen molar-refractivity contribution in [3.63, 3.8) is 0 Å². The summed E-state index contributed by atoms with van der Waals surface area (Å²) < 4.78 is 11.3. The molecule has 5 rings (SSSR count). The zero-order chi connectivity index (χ0) is 27.4. The minimum absolute atomic E-state index is 0.0353. The first-order chi connectivity index (χ1) is 18.8. The molecule has 8 nitrogen and oxygen atoms in total. The maximum absolute atomic E-state index is 12.8. The average Bonchev–Trinajstić information content (AvgIpc) is 3.61. The summed E-state index contributed by atoms with van der Waals surface area (Å²) in [6.45, 7) is 2.03. The number of hydrogen-bond acceptors (Lipinski definition) is 5. The number of rotatable bonds is 11. The molecule has 3 aromatic carbocycles. The van der Waals surface area contributed by atoms with Gasteiger partial charge in [0.1, 0.15) is 6.61 Å². The Labute approximate surface area is 227 Å². The Balaban J connectivity index is 1.13. The molecule has 3 aromatic rings. The quantitative estimate of drug-likeness (QED) is 0.335. The van der Waals surface area contributed by atoms with E-state index in [-0.39, 0.29) is 25.6 Å². The molecule has 8 heteroatoms. The maximum atomic E-state index is 12.8. The van der Waals surface area contributed by atoms with E-state index < -0.39 is 35.7 Å². The number of carbonyl (C=O) groups excluding carboxylic acids is 2. The number of aliphatic carboxylic acids is 1. The summed E-state index contributed by atoms with van der Waals surface area (Å²) in [6.07, 6.45) is -0.148. The first-order valence-corrected chi connectivity index (χ1v) is 13.2. The van der Waals surface area contributed by atoms with Crippen molar-refractivity contribution in [2.75, 3.05) is 6.61 Å². The molecule has 0 radical (unpaired) electrons. The number of carbonyl (C=O) groups is 3. The predicted octanol–water partition coefficient (Wildman–Crippen LogP) is 4.62. The lowest BCUT2D eigenvalue weighted by Crippen LogP contribution is -2.50. The smallest absolute Gasteiger partial charge is 0.407 e. The summed E-state index contributed by atoms with van der Waals surface area (Å²) in [4.78, 5) is 37.4. The van der Waals surface area contributed by atoms with Crippen LogP contribution in [0.5, 0.6) is 0 Å². The number of fused-ring (bicyclic) bond motifs is 3. The number of ether oxygens (including phenoxy) is 2. The van der Waals surface area contributed by atoms with E-state index in [1.807, 2.05) is 54.6 Å². The molecule has 0 bridgehead atoms. The minimum Gasteiger partial charge on any atom is -0.480 e. The van der Waals surface area contributed by atoms with Crippen molar-refractivity contribution in [1.29, 1.82) is 0 Å². The largest absolute Gasteiger partial charge is 0.480 e. The van der Waals surface area contributed by atoms with E-state index >= 15 is 0 Å². The lowest BCUT2D eigenvalue weighted by atomic mass is 9.98. The fraction of sp³-hybridized carbons (Fsp3) is 0.323. The molecule has 2 atom stereocenters. The molecule has 202 valence electrons. The third-order valence-electron chi connectivity index (χ3n) is 7.47. The molecule has 2 amide bonds. The molecular formula is C31H32N2O6. The van der Waals surface area contributed by atoms with Crippen LogP contribution in [0.4, 0.5) is 4.79 Å². The number of hydrogen-bond donors (Lipinski definition) is 3. The molecule has 3 N–H and O–H groups in total. The van der Waals surface area contributed by atoms with Crippen LogP contribution in [0.15, 0.2) is 78.9 Å². The molecule has 0 aromatic heterocycles. The number of nitrogens with one attached hydrogen (secondary N) is 2. The van der Waals surface area contributed by atoms with Gasteiger partial charge in [-0.25, -0.2) is 9.59 Å². The fourth-order valence-corrected chi connectivity index (χ4v) is 5.16. The number of alkyl carbamates (subject to hydrolysis) is 1. The molecule has 2 unspecified atom stereocenters. The van der Waals surface area contributed by atoms with E-state index in [0.717, 1.165) is 27.8 Å². The first kappa shape index (κ1) is 26.4. The highest BCUT2D eigenvalue weighted by atomic mass is 16.5. The van der Waals surface area contributed by atoms with Gasteiger partial charge in [0.2, 0.25) is 5.91 Å². The highest BCUT2D eigenvalue weighted by Gasteiger charge is 2.47. The summed E-state index contributed by atoms with van der Waals surface area (Å²) in [5, 5.41) is 15.1. The molecule has 39 heavy (non-hydrogen) atoms. The molecule has 0 saturated heterocycles. The average molecular weight is 529 g/mol. The van der Waals surface area contributed by atoms with Gasteiger partial charge in [0.05, 0.1) is 18.2 Å². The van der Waals surface area contributed by atoms with Gasteiger partial charge in [-0.1, -0.05) is 78.9 Å². The van der Waals surface area contributed by atoms with E-state index in [0.29, 0.717) is 12.8 Å². The second-order valence-corrected chi connectivity index (χ2v) is 10.3. The fourth-order valence-electron chi connectivity index (χ4n) is 5.16. The molecule has 0 spiro atoms. The Hall–Kier alpha value is -4.17. The zero-order valence-corrected chi connectivity index (χ0v) is 21.8. The van der Waals surface area contributed by atoms with Crippen LogP contribution in [-0.2, 0) is 25.7 Å². The van der Waals surface area contributed by atoms with E-state index in [4.69, 9.17) is 9.47 Å². The van der Waals surface area contributed by atoms with E-state index in [1.165, 1.54) is 0 Å². The van der Waals surface area contributed by atoms with Crippen molar-refractivity contribution in [3.8, 4) is 11.1 Å². The number of benzene rings is 3. The lowest BCUT2D eigenvalue weighted by molar-refractivity contribution is -0.146. The standard InChI is InChI=1S/C31H32N2O6/c1-20(38-18-21-9-3-2-4-10-21)28(29(35)36)32-27(34)17-31(15-16-31)33-30(37)39-19-26-24-13-7-5-11-22(24)23-12-6-8-14-25(23)26/h2-14,20,26,28H,15-19H2,1H3,(H,32,34)(H,33,37)(H,35,36). The van der Waals surface area contributed by atoms with Crippen molar-refractivity contribution in [1.82, 2.24) is 10.6 Å². The van der Waals surface area contributed by atoms with Crippen LogP contribution in [0.25, 0.3) is 11.1 Å². The van der Waals surface area contributed by atoms with Gasteiger partial charge < -0.3 is 25.2 Å². The summed E-state index contributed by atoms with van der Waals surface area (Å²) in [5.74, 6) is -1.71. The van der Waals surface area contributed by atoms with Gasteiger partial charge in [-0.2, -0.15) is 0 Å². The van der Waals surface area contributed by atoms with Crippen LogP contribution in [-0.4, -0.2) is 47.4 Å². The van der Waals surface area contributed by atoms with Crippen molar-refractivity contribution in [2.45, 2.75) is 56.4 Å². The molecule has 1 saturated carbocycles. The normalized spacial score (nSPS) is 16.3. The molecule has 0 aliphatic heterocycles. The molecular weight excluding hydrogens is 496 g/mol.